The molecular weight excluding hydrogens is 354 g/mol. The number of pyridine rings is 1. The Morgan fingerprint density at radius 2 is 2.19 bits per heavy atom. The number of ether oxygens (including phenoxy) is 1. The molecule has 1 saturated heterocycles. The van der Waals surface area contributed by atoms with Gasteiger partial charge >= 0.3 is 0 Å². The van der Waals surface area contributed by atoms with Crippen LogP contribution in [0.15, 0.2) is 42.6 Å². The van der Waals surface area contributed by atoms with Gasteiger partial charge in [-0.15, -0.1) is 0 Å². The molecule has 3 rings (SSSR count). The third-order valence-corrected chi connectivity index (χ3v) is 4.65. The minimum Gasteiger partial charge on any atom is -0.495 e. The first kappa shape index (κ1) is 18.2. The van der Waals surface area contributed by atoms with Crippen molar-refractivity contribution in [3.63, 3.8) is 0 Å². The molecule has 1 aromatic heterocycles. The summed E-state index contributed by atoms with van der Waals surface area (Å²) in [6.07, 6.45) is 1.83. The quantitative estimate of drug-likeness (QED) is 0.874. The maximum Gasteiger partial charge on any atom is 0.227 e. The third-order valence-electron chi connectivity index (χ3n) is 4.42. The van der Waals surface area contributed by atoms with Crippen molar-refractivity contribution in [3.8, 4) is 5.75 Å². The van der Waals surface area contributed by atoms with E-state index in [2.05, 4.69) is 10.3 Å². The predicted octanol–water partition coefficient (Wildman–Crippen LogP) is 2.97. The van der Waals surface area contributed by atoms with Gasteiger partial charge in [-0.3, -0.25) is 14.6 Å². The predicted molar refractivity (Wildman–Crippen MR) is 99.3 cm³/mol. The lowest BCUT2D eigenvalue weighted by Gasteiger charge is -2.20. The SMILES string of the molecule is COc1ccc(Cl)cc1N1C[C@H](C(=O)N[C@@H](C)c2ccccn2)CC1=O. The smallest absolute Gasteiger partial charge is 0.227 e. The number of nitrogens with zero attached hydrogens (tertiary/aromatic N) is 2. The fourth-order valence-corrected chi connectivity index (χ4v) is 3.19. The number of benzene rings is 1. The molecule has 2 amide bonds. The zero-order valence-electron chi connectivity index (χ0n) is 14.6. The van der Waals surface area contributed by atoms with Crippen LogP contribution in [0.1, 0.15) is 25.1 Å². The number of aromatic nitrogens is 1. The van der Waals surface area contributed by atoms with E-state index in [-0.39, 0.29) is 30.8 Å². The van der Waals surface area contributed by atoms with Crippen molar-refractivity contribution in [1.82, 2.24) is 10.3 Å². The fourth-order valence-electron chi connectivity index (χ4n) is 3.03. The molecule has 1 N–H and O–H groups in total. The summed E-state index contributed by atoms with van der Waals surface area (Å²) in [7, 11) is 1.53. The van der Waals surface area contributed by atoms with Gasteiger partial charge in [-0.05, 0) is 37.3 Å². The second-order valence-electron chi connectivity index (χ2n) is 6.21. The first-order chi connectivity index (χ1) is 12.5. The summed E-state index contributed by atoms with van der Waals surface area (Å²) < 4.78 is 5.32. The molecule has 0 spiro atoms. The topological polar surface area (TPSA) is 71.5 Å². The van der Waals surface area contributed by atoms with E-state index < -0.39 is 5.92 Å². The Bertz CT molecular complexity index is 813. The molecule has 0 unspecified atom stereocenters. The van der Waals surface area contributed by atoms with Crippen LogP contribution < -0.4 is 15.0 Å². The molecule has 2 atom stereocenters. The molecule has 26 heavy (non-hydrogen) atoms. The average Bonchev–Trinajstić information content (AvgIpc) is 3.04. The van der Waals surface area contributed by atoms with Gasteiger partial charge in [0.1, 0.15) is 5.75 Å². The Balaban J connectivity index is 1.71. The number of hydrogen-bond donors (Lipinski definition) is 1. The van der Waals surface area contributed by atoms with Crippen molar-refractivity contribution in [3.05, 3.63) is 53.3 Å². The fraction of sp³-hybridized carbons (Fsp3) is 0.316. The number of nitrogens with one attached hydrogen (secondary N) is 1. The molecule has 0 radical (unpaired) electrons. The number of rotatable bonds is 5. The first-order valence-electron chi connectivity index (χ1n) is 8.34. The highest BCUT2D eigenvalue weighted by molar-refractivity contribution is 6.31. The van der Waals surface area contributed by atoms with Gasteiger partial charge in [-0.2, -0.15) is 0 Å². The van der Waals surface area contributed by atoms with Crippen molar-refractivity contribution in [2.75, 3.05) is 18.6 Å². The highest BCUT2D eigenvalue weighted by atomic mass is 35.5. The molecule has 2 aromatic rings. The van der Waals surface area contributed by atoms with E-state index in [0.717, 1.165) is 5.69 Å². The molecule has 1 aliphatic heterocycles. The van der Waals surface area contributed by atoms with Gasteiger partial charge in [0.2, 0.25) is 11.8 Å². The molecule has 136 valence electrons. The van der Waals surface area contributed by atoms with Crippen LogP contribution in [0.4, 0.5) is 5.69 Å². The number of hydrogen-bond acceptors (Lipinski definition) is 4. The van der Waals surface area contributed by atoms with Crippen LogP contribution in [-0.4, -0.2) is 30.5 Å². The highest BCUT2D eigenvalue weighted by Gasteiger charge is 2.36. The summed E-state index contributed by atoms with van der Waals surface area (Å²) in [6, 6.07) is 10.4. The van der Waals surface area contributed by atoms with Gasteiger partial charge < -0.3 is 15.0 Å². The third kappa shape index (κ3) is 3.80. The average molecular weight is 374 g/mol. The molecule has 1 aliphatic rings. The summed E-state index contributed by atoms with van der Waals surface area (Å²) in [5.74, 6) is -0.181. The van der Waals surface area contributed by atoms with E-state index in [1.165, 1.54) is 7.11 Å². The van der Waals surface area contributed by atoms with E-state index in [1.54, 1.807) is 29.3 Å². The largest absolute Gasteiger partial charge is 0.495 e. The molecule has 1 aromatic carbocycles. The lowest BCUT2D eigenvalue weighted by Crippen LogP contribution is -2.34. The summed E-state index contributed by atoms with van der Waals surface area (Å²) in [4.78, 5) is 30.9. The van der Waals surface area contributed by atoms with Crippen LogP contribution in [0.25, 0.3) is 0 Å². The van der Waals surface area contributed by atoms with E-state index >= 15 is 0 Å². The zero-order valence-corrected chi connectivity index (χ0v) is 15.4. The molecule has 0 bridgehead atoms. The second kappa shape index (κ2) is 7.74. The van der Waals surface area contributed by atoms with Crippen LogP contribution in [0.3, 0.4) is 0 Å². The van der Waals surface area contributed by atoms with Gasteiger partial charge in [0, 0.05) is 24.2 Å². The number of carbonyl (C=O) groups excluding carboxylic acids is 2. The molecular formula is C19H20ClN3O3. The van der Waals surface area contributed by atoms with Gasteiger partial charge in [-0.25, -0.2) is 0 Å². The van der Waals surface area contributed by atoms with E-state index in [9.17, 15) is 9.59 Å². The van der Waals surface area contributed by atoms with Crippen molar-refractivity contribution >= 4 is 29.1 Å². The van der Waals surface area contributed by atoms with E-state index in [1.807, 2.05) is 25.1 Å². The minimum absolute atomic E-state index is 0.129. The highest BCUT2D eigenvalue weighted by Crippen LogP contribution is 2.35. The van der Waals surface area contributed by atoms with E-state index in [0.29, 0.717) is 16.5 Å². The second-order valence-corrected chi connectivity index (χ2v) is 6.64. The Kier molecular flexibility index (Phi) is 5.42. The number of anilines is 1. The number of methoxy groups -OCH3 is 1. The van der Waals surface area contributed by atoms with Crippen molar-refractivity contribution in [2.24, 2.45) is 5.92 Å². The minimum atomic E-state index is -0.433. The normalized spacial score (nSPS) is 17.9. The van der Waals surface area contributed by atoms with Gasteiger partial charge in [0.05, 0.1) is 30.5 Å². The first-order valence-corrected chi connectivity index (χ1v) is 8.72. The Hall–Kier alpha value is -2.60. The Morgan fingerprint density at radius 1 is 1.38 bits per heavy atom. The monoisotopic (exact) mass is 373 g/mol. The molecule has 6 nitrogen and oxygen atoms in total. The van der Waals surface area contributed by atoms with Crippen LogP contribution in [-0.2, 0) is 9.59 Å². The zero-order chi connectivity index (χ0) is 18.7. The van der Waals surface area contributed by atoms with Crippen LogP contribution >= 0.6 is 11.6 Å². The van der Waals surface area contributed by atoms with Gasteiger partial charge in [0.15, 0.2) is 0 Å². The lowest BCUT2D eigenvalue weighted by molar-refractivity contribution is -0.126. The number of carbonyl (C=O) groups is 2. The van der Waals surface area contributed by atoms with Crippen LogP contribution in [0.2, 0.25) is 5.02 Å². The van der Waals surface area contributed by atoms with Gasteiger partial charge in [0.25, 0.3) is 0 Å². The molecule has 2 heterocycles. The summed E-state index contributed by atoms with van der Waals surface area (Å²) in [6.45, 7) is 2.16. The standard InChI is InChI=1S/C19H20ClN3O3/c1-12(15-5-3-4-8-21-15)22-19(25)13-9-18(24)23(11-13)16-10-14(20)6-7-17(16)26-2/h3-8,10,12-13H,9,11H2,1-2H3,(H,22,25)/t12-,13+/m0/s1. The lowest BCUT2D eigenvalue weighted by atomic mass is 10.1. The van der Waals surface area contributed by atoms with Crippen molar-refractivity contribution in [1.29, 1.82) is 0 Å². The number of amides is 2. The van der Waals surface area contributed by atoms with Crippen LogP contribution in [0, 0.1) is 5.92 Å². The molecule has 1 fully saturated rings. The summed E-state index contributed by atoms with van der Waals surface area (Å²) in [5, 5.41) is 3.44. The molecule has 7 heteroatoms. The van der Waals surface area contributed by atoms with Gasteiger partial charge in [-0.1, -0.05) is 17.7 Å². The summed E-state index contributed by atoms with van der Waals surface area (Å²) in [5.41, 5.74) is 1.36. The van der Waals surface area contributed by atoms with E-state index in [4.69, 9.17) is 16.3 Å². The molecule has 0 saturated carbocycles. The maximum absolute atomic E-state index is 12.6. The Morgan fingerprint density at radius 3 is 2.88 bits per heavy atom. The molecule has 0 aliphatic carbocycles. The van der Waals surface area contributed by atoms with Crippen molar-refractivity contribution in [2.45, 2.75) is 19.4 Å². The maximum atomic E-state index is 12.6. The summed E-state index contributed by atoms with van der Waals surface area (Å²) >= 11 is 6.06. The van der Waals surface area contributed by atoms with Crippen molar-refractivity contribution < 1.29 is 14.3 Å². The Labute approximate surface area is 157 Å². The van der Waals surface area contributed by atoms with Crippen LogP contribution in [0.5, 0.6) is 5.75 Å². The number of halogens is 1.